The van der Waals surface area contributed by atoms with Gasteiger partial charge in [-0.25, -0.2) is 0 Å². The first kappa shape index (κ1) is 15.3. The number of phenols is 1. The first-order chi connectivity index (χ1) is 12.1. The molecule has 0 aliphatic heterocycles. The van der Waals surface area contributed by atoms with E-state index in [1.807, 2.05) is 16.8 Å². The zero-order chi connectivity index (χ0) is 17.0. The number of aromatic hydroxyl groups is 1. The van der Waals surface area contributed by atoms with Gasteiger partial charge in [-0.2, -0.15) is 14.9 Å². The molecule has 5 nitrogen and oxygen atoms in total. The van der Waals surface area contributed by atoms with Gasteiger partial charge >= 0.3 is 0 Å². The molecule has 0 unspecified atom stereocenters. The highest BCUT2D eigenvalue weighted by molar-refractivity contribution is 7.71. The highest BCUT2D eigenvalue weighted by Crippen LogP contribution is 2.60. The van der Waals surface area contributed by atoms with Crippen molar-refractivity contribution in [3.63, 3.8) is 0 Å². The van der Waals surface area contributed by atoms with E-state index in [2.05, 4.69) is 15.3 Å². The second-order valence-corrected chi connectivity index (χ2v) is 8.58. The topological polar surface area (TPSA) is 66.2 Å². The molecule has 0 amide bonds. The number of hydrogen-bond donors (Lipinski definition) is 2. The molecule has 2 N–H and O–H groups in total. The minimum Gasteiger partial charge on any atom is -0.508 e. The van der Waals surface area contributed by atoms with Crippen LogP contribution in [-0.2, 0) is 5.41 Å². The fraction of sp³-hybridized carbons (Fsp3) is 0.526. The lowest BCUT2D eigenvalue weighted by Gasteiger charge is -2.55. The van der Waals surface area contributed by atoms with Gasteiger partial charge in [0.2, 0.25) is 4.77 Å². The molecule has 4 saturated carbocycles. The fourth-order valence-corrected chi connectivity index (χ4v) is 5.99. The van der Waals surface area contributed by atoms with E-state index in [0.717, 1.165) is 29.1 Å². The first-order valence-electron chi connectivity index (χ1n) is 9.13. The normalized spacial score (nSPS) is 33.4. The number of benzene rings is 1. The SMILES string of the molecule is Oc1ccc(/C=N/n2c(C34CC5CC(CC(C5)C3)C4)n[nH]c2=S)cc1. The van der Waals surface area contributed by atoms with Crippen LogP contribution >= 0.6 is 12.2 Å². The van der Waals surface area contributed by atoms with Crippen LogP contribution in [-0.4, -0.2) is 26.2 Å². The average Bonchev–Trinajstić information content (AvgIpc) is 2.95. The second kappa shape index (κ2) is 5.53. The van der Waals surface area contributed by atoms with Crippen molar-refractivity contribution in [2.75, 3.05) is 0 Å². The summed E-state index contributed by atoms with van der Waals surface area (Å²) >= 11 is 5.46. The van der Waals surface area contributed by atoms with Crippen LogP contribution in [0.3, 0.4) is 0 Å². The maximum Gasteiger partial charge on any atom is 0.216 e. The van der Waals surface area contributed by atoms with Gasteiger partial charge in [0.15, 0.2) is 5.82 Å². The van der Waals surface area contributed by atoms with Crippen LogP contribution in [0.4, 0.5) is 0 Å². The molecule has 1 aromatic carbocycles. The Morgan fingerprint density at radius 3 is 2.32 bits per heavy atom. The first-order valence-corrected chi connectivity index (χ1v) is 9.53. The lowest BCUT2D eigenvalue weighted by atomic mass is 9.49. The Bertz CT molecular complexity index is 844. The standard InChI is InChI=1S/C19H22N4OS/c24-16-3-1-12(2-4-16)11-20-23-17(21-22-18(23)25)19-8-13-5-14(9-19)7-15(6-13)10-19/h1-4,11,13-15,24H,5-10H2,(H,22,25)/b20-11+. The van der Waals surface area contributed by atoms with Crippen molar-refractivity contribution in [2.45, 2.75) is 43.9 Å². The van der Waals surface area contributed by atoms with Gasteiger partial charge < -0.3 is 5.11 Å². The Kier molecular flexibility index (Phi) is 3.39. The second-order valence-electron chi connectivity index (χ2n) is 8.20. The lowest BCUT2D eigenvalue weighted by Crippen LogP contribution is -2.49. The smallest absolute Gasteiger partial charge is 0.216 e. The molecule has 0 atom stereocenters. The minimum atomic E-state index is 0.147. The fourth-order valence-electron chi connectivity index (χ4n) is 5.81. The number of aromatic nitrogens is 3. The number of hydrogen-bond acceptors (Lipinski definition) is 4. The van der Waals surface area contributed by atoms with Gasteiger partial charge in [0.05, 0.1) is 6.21 Å². The molecule has 4 bridgehead atoms. The summed E-state index contributed by atoms with van der Waals surface area (Å²) in [4.78, 5) is 0. The van der Waals surface area contributed by atoms with Crippen LogP contribution in [0.25, 0.3) is 0 Å². The highest BCUT2D eigenvalue weighted by Gasteiger charge is 2.53. The van der Waals surface area contributed by atoms with Crippen molar-refractivity contribution in [2.24, 2.45) is 22.9 Å². The van der Waals surface area contributed by atoms with Crippen LogP contribution in [0.2, 0.25) is 0 Å². The summed E-state index contributed by atoms with van der Waals surface area (Å²) in [5, 5.41) is 21.6. The molecular weight excluding hydrogens is 332 g/mol. The van der Waals surface area contributed by atoms with Gasteiger partial charge in [0.25, 0.3) is 0 Å². The van der Waals surface area contributed by atoms with E-state index in [1.54, 1.807) is 18.3 Å². The van der Waals surface area contributed by atoms with Gasteiger partial charge in [-0.05, 0) is 98.3 Å². The van der Waals surface area contributed by atoms with Gasteiger partial charge in [-0.15, -0.1) is 0 Å². The van der Waals surface area contributed by atoms with Crippen molar-refractivity contribution in [1.29, 1.82) is 0 Å². The lowest BCUT2D eigenvalue weighted by molar-refractivity contribution is -0.0109. The zero-order valence-corrected chi connectivity index (χ0v) is 14.9. The third-order valence-electron chi connectivity index (χ3n) is 6.38. The van der Waals surface area contributed by atoms with E-state index in [-0.39, 0.29) is 11.2 Å². The summed E-state index contributed by atoms with van der Waals surface area (Å²) in [6.45, 7) is 0. The molecule has 4 fully saturated rings. The van der Waals surface area contributed by atoms with E-state index in [9.17, 15) is 5.11 Å². The third-order valence-corrected chi connectivity index (χ3v) is 6.64. The summed E-state index contributed by atoms with van der Waals surface area (Å²) in [5.41, 5.74) is 1.08. The van der Waals surface area contributed by atoms with Crippen molar-refractivity contribution in [3.05, 3.63) is 40.4 Å². The number of nitrogens with one attached hydrogen (secondary N) is 1. The molecule has 130 valence electrons. The van der Waals surface area contributed by atoms with Crippen molar-refractivity contribution in [3.8, 4) is 5.75 Å². The van der Waals surface area contributed by atoms with E-state index in [4.69, 9.17) is 12.2 Å². The molecule has 1 aromatic heterocycles. The molecule has 4 aliphatic rings. The summed E-state index contributed by atoms with van der Waals surface area (Å²) in [6, 6.07) is 7.01. The van der Waals surface area contributed by atoms with Gasteiger partial charge in [-0.1, -0.05) is 0 Å². The van der Waals surface area contributed by atoms with Crippen LogP contribution in [0, 0.1) is 22.5 Å². The summed E-state index contributed by atoms with van der Waals surface area (Å²) in [7, 11) is 0. The highest BCUT2D eigenvalue weighted by atomic mass is 32.1. The molecule has 0 spiro atoms. The quantitative estimate of drug-likeness (QED) is 0.647. The Balaban J connectivity index is 1.51. The summed E-state index contributed by atoms with van der Waals surface area (Å²) in [6.07, 6.45) is 9.69. The van der Waals surface area contributed by atoms with Gasteiger partial charge in [0, 0.05) is 5.41 Å². The molecule has 4 aliphatic carbocycles. The van der Waals surface area contributed by atoms with E-state index in [0.29, 0.717) is 4.77 Å². The van der Waals surface area contributed by atoms with Crippen LogP contribution in [0.5, 0.6) is 5.75 Å². The van der Waals surface area contributed by atoms with E-state index >= 15 is 0 Å². The van der Waals surface area contributed by atoms with Gasteiger partial charge in [-0.3, -0.25) is 5.10 Å². The number of rotatable bonds is 3. The molecule has 6 rings (SSSR count). The molecule has 0 saturated heterocycles. The maximum absolute atomic E-state index is 9.41. The minimum absolute atomic E-state index is 0.147. The molecule has 25 heavy (non-hydrogen) atoms. The molecule has 1 heterocycles. The van der Waals surface area contributed by atoms with Crippen LogP contribution < -0.4 is 0 Å². The van der Waals surface area contributed by atoms with Crippen molar-refractivity contribution in [1.82, 2.24) is 14.9 Å². The van der Waals surface area contributed by atoms with Crippen molar-refractivity contribution >= 4 is 18.4 Å². The summed E-state index contributed by atoms with van der Waals surface area (Å²) < 4.78 is 2.38. The predicted molar refractivity (Wildman–Crippen MR) is 98.4 cm³/mol. The van der Waals surface area contributed by atoms with Crippen molar-refractivity contribution < 1.29 is 5.11 Å². The van der Waals surface area contributed by atoms with Crippen LogP contribution in [0.15, 0.2) is 29.4 Å². The monoisotopic (exact) mass is 354 g/mol. The maximum atomic E-state index is 9.41. The number of H-pyrrole nitrogens is 1. The Morgan fingerprint density at radius 2 is 1.72 bits per heavy atom. The Morgan fingerprint density at radius 1 is 1.12 bits per heavy atom. The Hall–Kier alpha value is -1.95. The zero-order valence-electron chi connectivity index (χ0n) is 14.1. The largest absolute Gasteiger partial charge is 0.508 e. The third kappa shape index (κ3) is 2.54. The number of phenolic OH excluding ortho intramolecular Hbond substituents is 1. The van der Waals surface area contributed by atoms with E-state index in [1.165, 1.54) is 38.5 Å². The van der Waals surface area contributed by atoms with Crippen LogP contribution in [0.1, 0.15) is 49.9 Å². The Labute approximate surface area is 151 Å². The molecular formula is C19H22N4OS. The molecule has 0 radical (unpaired) electrons. The number of aromatic amines is 1. The molecule has 6 heteroatoms. The van der Waals surface area contributed by atoms with E-state index < -0.39 is 0 Å². The average molecular weight is 354 g/mol. The van der Waals surface area contributed by atoms with Gasteiger partial charge in [0.1, 0.15) is 5.75 Å². The number of nitrogens with zero attached hydrogens (tertiary/aromatic N) is 3. The predicted octanol–water partition coefficient (Wildman–Crippen LogP) is 4.00. The summed E-state index contributed by atoms with van der Waals surface area (Å²) in [5.74, 6) is 3.83. The molecule has 2 aromatic rings.